The molecule has 0 radical (unpaired) electrons. The van der Waals surface area contributed by atoms with Crippen molar-refractivity contribution in [3.8, 4) is 0 Å². The number of benzene rings is 2. The largest absolute Gasteiger partial charge is 0.387 e. The third-order valence-electron chi connectivity index (χ3n) is 7.69. The Balaban J connectivity index is 1.30. The third-order valence-corrected chi connectivity index (χ3v) is 10.3. The van der Waals surface area contributed by atoms with Gasteiger partial charge in [-0.1, -0.05) is 11.6 Å². The van der Waals surface area contributed by atoms with Gasteiger partial charge in [-0.15, -0.1) is 0 Å². The van der Waals surface area contributed by atoms with Crippen LogP contribution in [0.1, 0.15) is 42.5 Å². The Kier molecular flexibility index (Phi) is 6.33. The van der Waals surface area contributed by atoms with E-state index in [1.807, 2.05) is 0 Å². The van der Waals surface area contributed by atoms with E-state index >= 15 is 0 Å². The highest BCUT2D eigenvalue weighted by atomic mass is 35.5. The molecule has 4 aliphatic carbocycles. The summed E-state index contributed by atoms with van der Waals surface area (Å²) in [4.78, 5) is 24.5. The quantitative estimate of drug-likeness (QED) is 0.497. The van der Waals surface area contributed by atoms with Crippen LogP contribution in [0, 0.1) is 29.4 Å². The van der Waals surface area contributed by atoms with Gasteiger partial charge in [-0.25, -0.2) is 17.2 Å². The van der Waals surface area contributed by atoms with Crippen molar-refractivity contribution in [1.82, 2.24) is 5.32 Å². The van der Waals surface area contributed by atoms with E-state index in [0.717, 1.165) is 25.0 Å². The Morgan fingerprint density at radius 3 is 2.36 bits per heavy atom. The van der Waals surface area contributed by atoms with Crippen LogP contribution in [-0.4, -0.2) is 42.7 Å². The molecular formula is C25H25ClF2N2O5S. The van der Waals surface area contributed by atoms with Crippen LogP contribution in [0.2, 0.25) is 5.02 Å². The van der Waals surface area contributed by atoms with Crippen molar-refractivity contribution in [2.24, 2.45) is 17.8 Å². The molecule has 3 N–H and O–H groups in total. The van der Waals surface area contributed by atoms with Crippen molar-refractivity contribution in [2.45, 2.75) is 47.9 Å². The van der Waals surface area contributed by atoms with Crippen molar-refractivity contribution in [3.63, 3.8) is 0 Å². The molecular weight excluding hydrogens is 514 g/mol. The maximum atomic E-state index is 13.5. The number of halogens is 3. The van der Waals surface area contributed by atoms with Crippen LogP contribution >= 0.6 is 11.6 Å². The molecule has 2 amide bonds. The Morgan fingerprint density at radius 2 is 1.72 bits per heavy atom. The maximum absolute atomic E-state index is 13.5. The molecule has 0 heterocycles. The van der Waals surface area contributed by atoms with Crippen LogP contribution in [0.5, 0.6) is 0 Å². The van der Waals surface area contributed by atoms with E-state index in [9.17, 15) is 31.9 Å². The molecule has 0 aliphatic heterocycles. The molecule has 4 fully saturated rings. The van der Waals surface area contributed by atoms with Gasteiger partial charge in [-0.3, -0.25) is 9.59 Å². The van der Waals surface area contributed by atoms with Crippen molar-refractivity contribution < 1.29 is 31.9 Å². The number of carbonyl (C=O) groups is 2. The van der Waals surface area contributed by atoms with Crippen LogP contribution in [0.25, 0.3) is 0 Å². The van der Waals surface area contributed by atoms with Crippen molar-refractivity contribution in [3.05, 3.63) is 58.6 Å². The molecule has 0 spiro atoms. The SMILES string of the molecule is O=C(Nc1ccc(F)c(F)c1)c1ccc(Cl)c(S(=O)(=O)C2CC3CC(C2)C3(O)CNC(=O)C2CC2)c1. The summed E-state index contributed by atoms with van der Waals surface area (Å²) in [7, 11) is -3.94. The summed E-state index contributed by atoms with van der Waals surface area (Å²) in [5.41, 5.74) is -1.12. The number of fused-ring (bicyclic) bond motifs is 2. The van der Waals surface area contributed by atoms with Crippen LogP contribution in [0.3, 0.4) is 0 Å². The Labute approximate surface area is 212 Å². The number of anilines is 1. The summed E-state index contributed by atoms with van der Waals surface area (Å²) < 4.78 is 53.6. The van der Waals surface area contributed by atoms with E-state index in [-0.39, 0.29) is 64.2 Å². The molecule has 192 valence electrons. The van der Waals surface area contributed by atoms with Gasteiger partial charge in [0.1, 0.15) is 0 Å². The summed E-state index contributed by atoms with van der Waals surface area (Å²) in [5, 5.41) is 15.5. The molecule has 2 aromatic carbocycles. The van der Waals surface area contributed by atoms with E-state index in [1.54, 1.807) is 0 Å². The van der Waals surface area contributed by atoms with Gasteiger partial charge >= 0.3 is 0 Å². The highest BCUT2D eigenvalue weighted by Crippen LogP contribution is 2.55. The minimum Gasteiger partial charge on any atom is -0.387 e. The van der Waals surface area contributed by atoms with Gasteiger partial charge < -0.3 is 15.7 Å². The predicted molar refractivity (Wildman–Crippen MR) is 128 cm³/mol. The van der Waals surface area contributed by atoms with Crippen LogP contribution in [0.4, 0.5) is 14.5 Å². The Bertz CT molecular complexity index is 1340. The fraction of sp³-hybridized carbons (Fsp3) is 0.440. The van der Waals surface area contributed by atoms with Gasteiger partial charge in [0.05, 0.1) is 20.8 Å². The number of rotatable bonds is 7. The fourth-order valence-electron chi connectivity index (χ4n) is 5.34. The summed E-state index contributed by atoms with van der Waals surface area (Å²) in [6.07, 6.45) is 2.84. The normalized spacial score (nSPS) is 27.2. The first-order chi connectivity index (χ1) is 17.0. The topological polar surface area (TPSA) is 113 Å². The minimum absolute atomic E-state index is 0.0111. The van der Waals surface area contributed by atoms with Gasteiger partial charge in [-0.2, -0.15) is 0 Å². The average Bonchev–Trinajstić information content (AvgIpc) is 3.70. The first kappa shape index (κ1) is 25.1. The molecule has 0 saturated heterocycles. The minimum atomic E-state index is -3.94. The van der Waals surface area contributed by atoms with Gasteiger partial charge in [0.25, 0.3) is 5.91 Å². The number of nitrogens with one attached hydrogen (secondary N) is 2. The molecule has 0 aromatic heterocycles. The lowest BCUT2D eigenvalue weighted by molar-refractivity contribution is -0.174. The number of amides is 2. The lowest BCUT2D eigenvalue weighted by atomic mass is 9.53. The number of carbonyl (C=O) groups excluding carboxylic acids is 2. The first-order valence-electron chi connectivity index (χ1n) is 11.8. The molecule has 7 nitrogen and oxygen atoms in total. The van der Waals surface area contributed by atoms with Gasteiger partial charge in [0.2, 0.25) is 5.91 Å². The molecule has 2 atom stereocenters. The molecule has 2 unspecified atom stereocenters. The molecule has 2 bridgehead atoms. The maximum Gasteiger partial charge on any atom is 0.255 e. The standard InChI is InChI=1S/C25H25ClF2N2O5S/c26-19-5-3-14(24(32)30-17-4-6-20(27)21(28)11-17)7-22(19)36(34,35)18-9-15-8-16(10-18)25(15,33)12-29-23(31)13-1-2-13/h3-7,11,13,15-16,18,33H,1-2,8-10,12H2,(H,29,31)(H,30,32). The van der Waals surface area contributed by atoms with Crippen LogP contribution in [0.15, 0.2) is 41.3 Å². The summed E-state index contributed by atoms with van der Waals surface area (Å²) in [6.45, 7) is 0.116. The second-order valence-electron chi connectivity index (χ2n) is 9.98. The summed E-state index contributed by atoms with van der Waals surface area (Å²) in [6, 6.07) is 6.71. The molecule has 36 heavy (non-hydrogen) atoms. The van der Waals surface area contributed by atoms with Gasteiger partial charge in [-0.05, 0) is 74.3 Å². The van der Waals surface area contributed by atoms with E-state index in [2.05, 4.69) is 10.6 Å². The smallest absolute Gasteiger partial charge is 0.255 e. The lowest BCUT2D eigenvalue weighted by Gasteiger charge is -2.58. The zero-order valence-corrected chi connectivity index (χ0v) is 20.7. The number of hydrogen-bond acceptors (Lipinski definition) is 5. The molecule has 4 saturated carbocycles. The van der Waals surface area contributed by atoms with Gasteiger partial charge in [0.15, 0.2) is 21.5 Å². The Morgan fingerprint density at radius 1 is 1.03 bits per heavy atom. The van der Waals surface area contributed by atoms with E-state index in [0.29, 0.717) is 6.42 Å². The molecule has 2 aromatic rings. The monoisotopic (exact) mass is 538 g/mol. The zero-order valence-electron chi connectivity index (χ0n) is 19.1. The van der Waals surface area contributed by atoms with E-state index in [4.69, 9.17) is 11.6 Å². The number of aliphatic hydroxyl groups is 1. The van der Waals surface area contributed by atoms with Crippen LogP contribution in [-0.2, 0) is 14.6 Å². The number of hydrogen-bond donors (Lipinski definition) is 3. The van der Waals surface area contributed by atoms with Crippen molar-refractivity contribution in [2.75, 3.05) is 11.9 Å². The van der Waals surface area contributed by atoms with E-state index in [1.165, 1.54) is 24.3 Å². The van der Waals surface area contributed by atoms with E-state index < -0.39 is 38.2 Å². The second-order valence-corrected chi connectivity index (χ2v) is 12.6. The second kappa shape index (κ2) is 9.08. The van der Waals surface area contributed by atoms with Crippen molar-refractivity contribution >= 4 is 38.9 Å². The third kappa shape index (κ3) is 4.50. The van der Waals surface area contributed by atoms with Crippen LogP contribution < -0.4 is 10.6 Å². The Hall–Kier alpha value is -2.56. The fourth-order valence-corrected chi connectivity index (χ4v) is 7.74. The summed E-state index contributed by atoms with van der Waals surface area (Å²) in [5.74, 6) is -3.48. The highest BCUT2D eigenvalue weighted by Gasteiger charge is 2.60. The summed E-state index contributed by atoms with van der Waals surface area (Å²) >= 11 is 6.23. The predicted octanol–water partition coefficient (Wildman–Crippen LogP) is 3.70. The lowest BCUT2D eigenvalue weighted by Crippen LogP contribution is -2.66. The average molecular weight is 539 g/mol. The molecule has 11 heteroatoms. The van der Waals surface area contributed by atoms with Gasteiger partial charge in [0, 0.05) is 29.8 Å². The highest BCUT2D eigenvalue weighted by molar-refractivity contribution is 7.92. The molecule has 6 rings (SSSR count). The molecule has 4 aliphatic rings. The van der Waals surface area contributed by atoms with Crippen molar-refractivity contribution in [1.29, 1.82) is 0 Å². The zero-order chi connectivity index (χ0) is 25.8. The number of sulfone groups is 1. The first-order valence-corrected chi connectivity index (χ1v) is 13.7.